The summed E-state index contributed by atoms with van der Waals surface area (Å²) < 4.78 is 0. The Balaban J connectivity index is 2.43. The number of likely N-dealkylation sites (N-methyl/N-ethyl adjacent to an activating group) is 1. The molecular weight excluding hydrogens is 230 g/mol. The van der Waals surface area contributed by atoms with Crippen LogP contribution in [0.3, 0.4) is 0 Å². The molecular formula is C11H16ClNOS. The van der Waals surface area contributed by atoms with Gasteiger partial charge in [-0.25, -0.2) is 0 Å². The van der Waals surface area contributed by atoms with E-state index in [1.807, 2.05) is 29.3 Å². The van der Waals surface area contributed by atoms with E-state index in [4.69, 9.17) is 11.6 Å². The van der Waals surface area contributed by atoms with E-state index in [1.165, 1.54) is 0 Å². The van der Waals surface area contributed by atoms with Gasteiger partial charge in [0.05, 0.1) is 6.42 Å². The van der Waals surface area contributed by atoms with Crippen molar-refractivity contribution in [3.63, 3.8) is 0 Å². The molecule has 0 aliphatic carbocycles. The highest BCUT2D eigenvalue weighted by Crippen LogP contribution is 2.10. The van der Waals surface area contributed by atoms with Crippen molar-refractivity contribution in [2.75, 3.05) is 19.0 Å². The summed E-state index contributed by atoms with van der Waals surface area (Å²) in [4.78, 5) is 14.8. The van der Waals surface area contributed by atoms with E-state index < -0.39 is 0 Å². The van der Waals surface area contributed by atoms with Crippen LogP contribution in [0.2, 0.25) is 0 Å². The van der Waals surface area contributed by atoms with Crippen LogP contribution in [0.25, 0.3) is 0 Å². The Morgan fingerprint density at radius 1 is 1.60 bits per heavy atom. The number of thiophene rings is 1. The molecule has 1 aromatic heterocycles. The van der Waals surface area contributed by atoms with Crippen LogP contribution in [0, 0.1) is 0 Å². The summed E-state index contributed by atoms with van der Waals surface area (Å²) in [5.41, 5.74) is 0. The van der Waals surface area contributed by atoms with Crippen LogP contribution in [-0.2, 0) is 11.2 Å². The lowest BCUT2D eigenvalue weighted by Crippen LogP contribution is -2.33. The predicted octanol–water partition coefficient (Wildman–Crippen LogP) is 2.77. The topological polar surface area (TPSA) is 20.3 Å². The van der Waals surface area contributed by atoms with E-state index in [1.54, 1.807) is 11.3 Å². The van der Waals surface area contributed by atoms with Gasteiger partial charge in [0.1, 0.15) is 0 Å². The Bertz CT molecular complexity index is 287. The molecule has 84 valence electrons. The third kappa shape index (κ3) is 4.22. The molecule has 15 heavy (non-hydrogen) atoms. The summed E-state index contributed by atoms with van der Waals surface area (Å²) in [5.74, 6) is 0.813. The monoisotopic (exact) mass is 245 g/mol. The standard InChI is InChI=1S/C11H16ClNOS/c1-2-13(7-4-6-12)11(14)9-10-5-3-8-15-10/h3,5,8H,2,4,6-7,9H2,1H3. The normalized spacial score (nSPS) is 10.3. The fourth-order valence-corrected chi connectivity index (χ4v) is 2.20. The van der Waals surface area contributed by atoms with Crippen molar-refractivity contribution in [3.05, 3.63) is 22.4 Å². The van der Waals surface area contributed by atoms with Crippen molar-refractivity contribution in [1.82, 2.24) is 4.90 Å². The molecule has 0 aliphatic rings. The highest BCUT2D eigenvalue weighted by molar-refractivity contribution is 7.10. The quantitative estimate of drug-likeness (QED) is 0.706. The van der Waals surface area contributed by atoms with Crippen LogP contribution in [0.15, 0.2) is 17.5 Å². The molecule has 2 nitrogen and oxygen atoms in total. The van der Waals surface area contributed by atoms with Gasteiger partial charge in [-0.05, 0) is 24.8 Å². The smallest absolute Gasteiger partial charge is 0.227 e. The van der Waals surface area contributed by atoms with Crippen molar-refractivity contribution in [2.45, 2.75) is 19.8 Å². The zero-order valence-electron chi connectivity index (χ0n) is 8.91. The van der Waals surface area contributed by atoms with E-state index in [2.05, 4.69) is 0 Å². The summed E-state index contributed by atoms with van der Waals surface area (Å²) in [5, 5.41) is 2.00. The third-order valence-electron chi connectivity index (χ3n) is 2.20. The maximum Gasteiger partial charge on any atom is 0.227 e. The number of hydrogen-bond acceptors (Lipinski definition) is 2. The van der Waals surface area contributed by atoms with Gasteiger partial charge in [-0.2, -0.15) is 0 Å². The van der Waals surface area contributed by atoms with E-state index in [0.717, 1.165) is 24.4 Å². The van der Waals surface area contributed by atoms with E-state index >= 15 is 0 Å². The van der Waals surface area contributed by atoms with E-state index in [9.17, 15) is 4.79 Å². The Morgan fingerprint density at radius 2 is 2.40 bits per heavy atom. The second-order valence-electron chi connectivity index (χ2n) is 3.27. The highest BCUT2D eigenvalue weighted by Gasteiger charge is 2.11. The molecule has 1 heterocycles. The van der Waals surface area contributed by atoms with Gasteiger partial charge in [0.2, 0.25) is 5.91 Å². The number of nitrogens with zero attached hydrogens (tertiary/aromatic N) is 1. The van der Waals surface area contributed by atoms with Crippen LogP contribution >= 0.6 is 22.9 Å². The summed E-state index contributed by atoms with van der Waals surface area (Å²) in [6.45, 7) is 3.53. The zero-order valence-corrected chi connectivity index (χ0v) is 10.5. The first-order valence-electron chi connectivity index (χ1n) is 5.14. The zero-order chi connectivity index (χ0) is 11.1. The van der Waals surface area contributed by atoms with Crippen LogP contribution in [0.5, 0.6) is 0 Å². The molecule has 0 saturated heterocycles. The van der Waals surface area contributed by atoms with Gasteiger partial charge in [-0.1, -0.05) is 6.07 Å². The second kappa shape index (κ2) is 6.85. The van der Waals surface area contributed by atoms with Crippen molar-refractivity contribution >= 4 is 28.8 Å². The minimum absolute atomic E-state index is 0.199. The van der Waals surface area contributed by atoms with Crippen LogP contribution < -0.4 is 0 Å². The van der Waals surface area contributed by atoms with Gasteiger partial charge < -0.3 is 4.90 Å². The second-order valence-corrected chi connectivity index (χ2v) is 4.68. The molecule has 0 aromatic carbocycles. The average molecular weight is 246 g/mol. The molecule has 0 spiro atoms. The number of hydrogen-bond donors (Lipinski definition) is 0. The molecule has 0 N–H and O–H groups in total. The van der Waals surface area contributed by atoms with Crippen molar-refractivity contribution in [1.29, 1.82) is 0 Å². The largest absolute Gasteiger partial charge is 0.343 e. The lowest BCUT2D eigenvalue weighted by atomic mass is 10.3. The Morgan fingerprint density at radius 3 is 2.93 bits per heavy atom. The van der Waals surface area contributed by atoms with Gasteiger partial charge in [0.15, 0.2) is 0 Å². The number of amides is 1. The first-order valence-corrected chi connectivity index (χ1v) is 6.55. The number of alkyl halides is 1. The lowest BCUT2D eigenvalue weighted by Gasteiger charge is -2.19. The van der Waals surface area contributed by atoms with Crippen molar-refractivity contribution < 1.29 is 4.79 Å². The molecule has 0 aliphatic heterocycles. The molecule has 4 heteroatoms. The van der Waals surface area contributed by atoms with E-state index in [-0.39, 0.29) is 5.91 Å². The minimum Gasteiger partial charge on any atom is -0.343 e. The fraction of sp³-hybridized carbons (Fsp3) is 0.545. The van der Waals surface area contributed by atoms with Crippen LogP contribution in [0.4, 0.5) is 0 Å². The Labute approximate surface area is 99.9 Å². The molecule has 0 saturated carbocycles. The first-order chi connectivity index (χ1) is 7.27. The molecule has 0 radical (unpaired) electrons. The molecule has 0 fully saturated rings. The maximum absolute atomic E-state index is 11.8. The van der Waals surface area contributed by atoms with Crippen LogP contribution in [0.1, 0.15) is 18.2 Å². The summed E-state index contributed by atoms with van der Waals surface area (Å²) in [7, 11) is 0. The SMILES string of the molecule is CCN(CCCCl)C(=O)Cc1cccs1. The van der Waals surface area contributed by atoms with Gasteiger partial charge in [-0.15, -0.1) is 22.9 Å². The molecule has 1 amide bonds. The number of rotatable bonds is 6. The minimum atomic E-state index is 0.199. The lowest BCUT2D eigenvalue weighted by molar-refractivity contribution is -0.130. The van der Waals surface area contributed by atoms with Gasteiger partial charge >= 0.3 is 0 Å². The molecule has 0 unspecified atom stereocenters. The molecule has 0 bridgehead atoms. The van der Waals surface area contributed by atoms with E-state index in [0.29, 0.717) is 12.3 Å². The van der Waals surface area contributed by atoms with Crippen LogP contribution in [-0.4, -0.2) is 29.8 Å². The molecule has 1 aromatic rings. The number of carbonyl (C=O) groups excluding carboxylic acids is 1. The van der Waals surface area contributed by atoms with Gasteiger partial charge in [0, 0.05) is 23.8 Å². The van der Waals surface area contributed by atoms with Crippen molar-refractivity contribution in [2.24, 2.45) is 0 Å². The van der Waals surface area contributed by atoms with Gasteiger partial charge in [-0.3, -0.25) is 4.79 Å². The number of halogens is 1. The van der Waals surface area contributed by atoms with Gasteiger partial charge in [0.25, 0.3) is 0 Å². The Hall–Kier alpha value is -0.540. The first kappa shape index (κ1) is 12.5. The Kier molecular flexibility index (Phi) is 5.73. The van der Waals surface area contributed by atoms with Crippen molar-refractivity contribution in [3.8, 4) is 0 Å². The summed E-state index contributed by atoms with van der Waals surface area (Å²) in [6, 6.07) is 3.97. The molecule has 1 rings (SSSR count). The fourth-order valence-electron chi connectivity index (χ4n) is 1.38. The average Bonchev–Trinajstić information content (AvgIpc) is 2.71. The number of carbonyl (C=O) groups is 1. The molecule has 0 atom stereocenters. The summed E-state index contributed by atoms with van der Waals surface area (Å²) >= 11 is 7.24. The predicted molar refractivity (Wildman–Crippen MR) is 65.6 cm³/mol. The third-order valence-corrected chi connectivity index (χ3v) is 3.35. The summed E-state index contributed by atoms with van der Waals surface area (Å²) in [6.07, 6.45) is 1.39. The highest BCUT2D eigenvalue weighted by atomic mass is 35.5. The maximum atomic E-state index is 11.8.